The summed E-state index contributed by atoms with van der Waals surface area (Å²) in [5.41, 5.74) is 9.39. The van der Waals surface area contributed by atoms with E-state index in [0.29, 0.717) is 17.3 Å². The number of anilines is 1. The van der Waals surface area contributed by atoms with Gasteiger partial charge in [-0.05, 0) is 67.4 Å². The normalized spacial score (nSPS) is 15.6. The maximum Gasteiger partial charge on any atom is 0.336 e. The molecule has 2 aromatic heterocycles. The SMILES string of the molecule is CN1CCC(Cn2cc(-c3ccc4c(C(=O)O)cccc4c3)c3c(N)ncnc32)CC1. The van der Waals surface area contributed by atoms with E-state index in [4.69, 9.17) is 5.73 Å². The topological polar surface area (TPSA) is 97.3 Å². The van der Waals surface area contributed by atoms with E-state index in [2.05, 4.69) is 32.7 Å². The van der Waals surface area contributed by atoms with Crippen LogP contribution in [0, 0.1) is 5.92 Å². The van der Waals surface area contributed by atoms with Crippen LogP contribution < -0.4 is 5.73 Å². The molecule has 0 atom stereocenters. The minimum absolute atomic E-state index is 0.302. The molecule has 0 bridgehead atoms. The lowest BCUT2D eigenvalue weighted by atomic mass is 9.97. The predicted octanol–water partition coefficient (Wildman–Crippen LogP) is 3.87. The van der Waals surface area contributed by atoms with Crippen LogP contribution >= 0.6 is 0 Å². The Bertz CT molecular complexity index is 1290. The Morgan fingerprint density at radius 2 is 2.00 bits per heavy atom. The standard InChI is InChI=1S/C24H25N5O2/c1-28-9-7-15(8-10-28)12-29-13-20(21-22(25)26-14-27-23(21)29)17-5-6-18-16(11-17)3-2-4-19(18)24(30)31/h2-6,11,13-15H,7-10,12H2,1H3,(H,30,31)(H2,25,26,27). The Morgan fingerprint density at radius 1 is 1.19 bits per heavy atom. The van der Waals surface area contributed by atoms with Crippen LogP contribution in [0.2, 0.25) is 0 Å². The molecule has 1 aliphatic heterocycles. The molecule has 3 heterocycles. The van der Waals surface area contributed by atoms with Gasteiger partial charge >= 0.3 is 5.97 Å². The predicted molar refractivity (Wildman–Crippen MR) is 122 cm³/mol. The van der Waals surface area contributed by atoms with Crippen molar-refractivity contribution in [3.8, 4) is 11.1 Å². The minimum Gasteiger partial charge on any atom is -0.478 e. The highest BCUT2D eigenvalue weighted by atomic mass is 16.4. The first-order valence-electron chi connectivity index (χ1n) is 10.6. The molecule has 0 saturated carbocycles. The van der Waals surface area contributed by atoms with Crippen LogP contribution in [0.4, 0.5) is 5.82 Å². The zero-order chi connectivity index (χ0) is 21.5. The molecule has 7 heteroatoms. The van der Waals surface area contributed by atoms with Crippen molar-refractivity contribution in [1.82, 2.24) is 19.4 Å². The van der Waals surface area contributed by atoms with Gasteiger partial charge in [0.25, 0.3) is 0 Å². The van der Waals surface area contributed by atoms with Crippen molar-refractivity contribution in [1.29, 1.82) is 0 Å². The van der Waals surface area contributed by atoms with Crippen molar-refractivity contribution < 1.29 is 9.90 Å². The number of fused-ring (bicyclic) bond motifs is 2. The number of nitrogen functional groups attached to an aromatic ring is 1. The number of carbonyl (C=O) groups is 1. The van der Waals surface area contributed by atoms with Crippen molar-refractivity contribution in [3.63, 3.8) is 0 Å². The van der Waals surface area contributed by atoms with Crippen LogP contribution in [-0.2, 0) is 6.54 Å². The number of rotatable bonds is 4. The number of carboxylic acids is 1. The van der Waals surface area contributed by atoms with E-state index in [1.807, 2.05) is 24.3 Å². The first-order valence-corrected chi connectivity index (χ1v) is 10.6. The summed E-state index contributed by atoms with van der Waals surface area (Å²) >= 11 is 0. The van der Waals surface area contributed by atoms with Crippen molar-refractivity contribution in [2.24, 2.45) is 5.92 Å². The van der Waals surface area contributed by atoms with Gasteiger partial charge in [0.1, 0.15) is 17.8 Å². The van der Waals surface area contributed by atoms with E-state index in [1.54, 1.807) is 12.1 Å². The largest absolute Gasteiger partial charge is 0.478 e. The Balaban J connectivity index is 1.61. The lowest BCUT2D eigenvalue weighted by molar-refractivity contribution is 0.0699. The Labute approximate surface area is 180 Å². The summed E-state index contributed by atoms with van der Waals surface area (Å²) in [6.45, 7) is 3.13. The number of benzene rings is 2. The minimum atomic E-state index is -0.925. The molecular formula is C24H25N5O2. The molecule has 1 fully saturated rings. The van der Waals surface area contributed by atoms with Crippen LogP contribution in [0.15, 0.2) is 48.9 Å². The van der Waals surface area contributed by atoms with Gasteiger partial charge in [0.2, 0.25) is 0 Å². The number of likely N-dealkylation sites (tertiary alicyclic amines) is 1. The van der Waals surface area contributed by atoms with Gasteiger partial charge < -0.3 is 20.3 Å². The van der Waals surface area contributed by atoms with Crippen LogP contribution in [-0.4, -0.2) is 50.6 Å². The second-order valence-corrected chi connectivity index (χ2v) is 8.45. The van der Waals surface area contributed by atoms with E-state index in [9.17, 15) is 9.90 Å². The molecule has 0 aliphatic carbocycles. The van der Waals surface area contributed by atoms with Crippen LogP contribution in [0.5, 0.6) is 0 Å². The Hall–Kier alpha value is -3.45. The fourth-order valence-electron chi connectivity index (χ4n) is 4.67. The van der Waals surface area contributed by atoms with Gasteiger partial charge in [0.05, 0.1) is 10.9 Å². The molecule has 5 rings (SSSR count). The first kappa shape index (κ1) is 19.5. The fourth-order valence-corrected chi connectivity index (χ4v) is 4.67. The average Bonchev–Trinajstić information content (AvgIpc) is 3.14. The molecule has 4 aromatic rings. The quantitative estimate of drug-likeness (QED) is 0.525. The number of nitrogens with two attached hydrogens (primary N) is 1. The lowest BCUT2D eigenvalue weighted by Crippen LogP contribution is -2.31. The summed E-state index contributed by atoms with van der Waals surface area (Å²) in [5.74, 6) is 0.137. The van der Waals surface area contributed by atoms with E-state index in [1.165, 1.54) is 19.2 Å². The van der Waals surface area contributed by atoms with Crippen LogP contribution in [0.25, 0.3) is 32.9 Å². The number of piperidine rings is 1. The maximum atomic E-state index is 11.6. The molecular weight excluding hydrogens is 390 g/mol. The number of nitrogens with zero attached hydrogens (tertiary/aromatic N) is 4. The van der Waals surface area contributed by atoms with E-state index in [-0.39, 0.29) is 0 Å². The van der Waals surface area contributed by atoms with Gasteiger partial charge in [-0.3, -0.25) is 0 Å². The fraction of sp³-hybridized carbons (Fsp3) is 0.292. The summed E-state index contributed by atoms with van der Waals surface area (Å²) in [6, 6.07) is 11.2. The summed E-state index contributed by atoms with van der Waals surface area (Å²) in [4.78, 5) is 22.7. The van der Waals surface area contributed by atoms with Gasteiger partial charge in [0.15, 0.2) is 0 Å². The number of aromatic nitrogens is 3. The first-order chi connectivity index (χ1) is 15.0. The number of aromatic carboxylic acids is 1. The smallest absolute Gasteiger partial charge is 0.336 e. The molecule has 0 radical (unpaired) electrons. The molecule has 7 nitrogen and oxygen atoms in total. The number of hydrogen-bond acceptors (Lipinski definition) is 5. The van der Waals surface area contributed by atoms with Gasteiger partial charge in [0, 0.05) is 18.3 Å². The average molecular weight is 415 g/mol. The number of carboxylic acid groups (broad SMARTS) is 1. The Kier molecular flexibility index (Phi) is 4.82. The highest BCUT2D eigenvalue weighted by Gasteiger charge is 2.21. The summed E-state index contributed by atoms with van der Waals surface area (Å²) in [7, 11) is 2.17. The monoisotopic (exact) mass is 415 g/mol. The summed E-state index contributed by atoms with van der Waals surface area (Å²) in [5, 5.41) is 11.9. The maximum absolute atomic E-state index is 11.6. The van der Waals surface area contributed by atoms with Gasteiger partial charge in [-0.1, -0.05) is 24.3 Å². The molecule has 0 amide bonds. The van der Waals surface area contributed by atoms with E-state index < -0.39 is 5.97 Å². The number of hydrogen-bond donors (Lipinski definition) is 2. The molecule has 0 spiro atoms. The van der Waals surface area contributed by atoms with Crippen LogP contribution in [0.1, 0.15) is 23.2 Å². The van der Waals surface area contributed by atoms with E-state index in [0.717, 1.165) is 52.6 Å². The zero-order valence-electron chi connectivity index (χ0n) is 17.5. The van der Waals surface area contributed by atoms with E-state index >= 15 is 0 Å². The highest BCUT2D eigenvalue weighted by Crippen LogP contribution is 2.35. The molecule has 1 saturated heterocycles. The third-order valence-corrected chi connectivity index (χ3v) is 6.40. The van der Waals surface area contributed by atoms with Crippen LogP contribution in [0.3, 0.4) is 0 Å². The van der Waals surface area contributed by atoms with Gasteiger partial charge in [-0.15, -0.1) is 0 Å². The highest BCUT2D eigenvalue weighted by molar-refractivity contribution is 6.06. The molecule has 0 unspecified atom stereocenters. The second kappa shape index (κ2) is 7.67. The van der Waals surface area contributed by atoms with Gasteiger partial charge in [-0.2, -0.15) is 0 Å². The summed E-state index contributed by atoms with van der Waals surface area (Å²) < 4.78 is 2.20. The molecule has 2 aromatic carbocycles. The molecule has 31 heavy (non-hydrogen) atoms. The van der Waals surface area contributed by atoms with Gasteiger partial charge in [-0.25, -0.2) is 14.8 Å². The van der Waals surface area contributed by atoms with Crippen molar-refractivity contribution in [3.05, 3.63) is 54.5 Å². The van der Waals surface area contributed by atoms with Crippen molar-refractivity contribution >= 4 is 33.6 Å². The lowest BCUT2D eigenvalue weighted by Gasteiger charge is -2.29. The second-order valence-electron chi connectivity index (χ2n) is 8.45. The zero-order valence-corrected chi connectivity index (χ0v) is 17.5. The summed E-state index contributed by atoms with van der Waals surface area (Å²) in [6.07, 6.45) is 5.97. The molecule has 158 valence electrons. The molecule has 3 N–H and O–H groups in total. The Morgan fingerprint density at radius 3 is 2.77 bits per heavy atom. The molecule has 1 aliphatic rings. The third-order valence-electron chi connectivity index (χ3n) is 6.40. The van der Waals surface area contributed by atoms with Crippen molar-refractivity contribution in [2.45, 2.75) is 19.4 Å². The van der Waals surface area contributed by atoms with Crippen molar-refractivity contribution in [2.75, 3.05) is 25.9 Å². The third kappa shape index (κ3) is 3.51.